The minimum Gasteiger partial charge on any atom is -0.375 e. The fourth-order valence-electron chi connectivity index (χ4n) is 5.06. The first-order valence-corrected chi connectivity index (χ1v) is 15.1. The fourth-order valence-corrected chi connectivity index (χ4v) is 6.31. The Kier molecular flexibility index (Phi) is 11.6. The summed E-state index contributed by atoms with van der Waals surface area (Å²) in [6, 6.07) is 9.85. The molecule has 0 amide bonds. The lowest BCUT2D eigenvalue weighted by Gasteiger charge is -2.36. The van der Waals surface area contributed by atoms with Crippen LogP contribution in [-0.4, -0.2) is 62.1 Å². The SMILES string of the molecule is CCCCCC(CCCCCC(C)N1CCC1)OC1CCN(S(=O)(=O)Nc2ccccc2)CC1. The summed E-state index contributed by atoms with van der Waals surface area (Å²) in [4.78, 5) is 2.60. The predicted octanol–water partition coefficient (Wildman–Crippen LogP) is 5.82. The van der Waals surface area contributed by atoms with Gasteiger partial charge < -0.3 is 9.64 Å². The number of nitrogens with zero attached hydrogens (tertiary/aromatic N) is 2. The quantitative estimate of drug-likeness (QED) is 0.295. The second-order valence-electron chi connectivity index (χ2n) is 10.2. The molecule has 0 bridgehead atoms. The van der Waals surface area contributed by atoms with Crippen LogP contribution in [0.1, 0.15) is 90.9 Å². The normalized spacial score (nSPS) is 20.1. The number of nitrogens with one attached hydrogen (secondary N) is 1. The molecule has 3 rings (SSSR count). The first-order valence-electron chi connectivity index (χ1n) is 13.7. The van der Waals surface area contributed by atoms with E-state index in [4.69, 9.17) is 4.74 Å². The van der Waals surface area contributed by atoms with E-state index < -0.39 is 10.2 Å². The molecule has 0 spiro atoms. The Morgan fingerprint density at radius 1 is 0.941 bits per heavy atom. The topological polar surface area (TPSA) is 61.9 Å². The summed E-state index contributed by atoms with van der Waals surface area (Å²) in [5.41, 5.74) is 0.608. The number of para-hydroxylation sites is 1. The first kappa shape index (κ1) is 27.4. The number of ether oxygens (including phenoxy) is 1. The molecule has 2 aliphatic rings. The molecule has 2 atom stereocenters. The van der Waals surface area contributed by atoms with Crippen LogP contribution < -0.4 is 4.72 Å². The van der Waals surface area contributed by atoms with E-state index in [0.29, 0.717) is 24.9 Å². The van der Waals surface area contributed by atoms with Crippen molar-refractivity contribution in [1.82, 2.24) is 9.21 Å². The standard InChI is InChI=1S/C27H47N3O3S/c1-3-4-7-16-26(17-11-5-8-13-24(2)29-20-12-21-29)33-27-18-22-30(23-19-27)34(31,32)28-25-14-9-6-10-15-25/h6,9-10,14-15,24,26-28H,3-5,7-8,11-13,16-23H2,1-2H3. The Labute approximate surface area is 208 Å². The van der Waals surface area contributed by atoms with Gasteiger partial charge in [0.1, 0.15) is 0 Å². The van der Waals surface area contributed by atoms with E-state index in [1.165, 1.54) is 64.5 Å². The zero-order valence-corrected chi connectivity index (χ0v) is 22.3. The average molecular weight is 494 g/mol. The molecule has 194 valence electrons. The molecule has 0 aliphatic carbocycles. The van der Waals surface area contributed by atoms with Crippen molar-refractivity contribution in [1.29, 1.82) is 0 Å². The van der Waals surface area contributed by atoms with E-state index in [0.717, 1.165) is 31.7 Å². The Balaban J connectivity index is 1.38. The Morgan fingerprint density at radius 2 is 1.59 bits per heavy atom. The van der Waals surface area contributed by atoms with E-state index in [-0.39, 0.29) is 6.10 Å². The molecule has 2 unspecified atom stereocenters. The lowest BCUT2D eigenvalue weighted by atomic mass is 10.0. The zero-order chi connectivity index (χ0) is 24.2. The Bertz CT molecular complexity index is 778. The van der Waals surface area contributed by atoms with Crippen LogP contribution >= 0.6 is 0 Å². The number of benzene rings is 1. The highest BCUT2D eigenvalue weighted by atomic mass is 32.2. The van der Waals surface area contributed by atoms with Crippen molar-refractivity contribution in [2.24, 2.45) is 0 Å². The molecule has 0 radical (unpaired) electrons. The van der Waals surface area contributed by atoms with Crippen molar-refractivity contribution in [2.45, 2.75) is 109 Å². The number of hydrogen-bond donors (Lipinski definition) is 1. The van der Waals surface area contributed by atoms with Crippen LogP contribution in [0.4, 0.5) is 5.69 Å². The van der Waals surface area contributed by atoms with E-state index in [1.54, 1.807) is 16.4 Å². The number of anilines is 1. The van der Waals surface area contributed by atoms with Gasteiger partial charge in [-0.25, -0.2) is 0 Å². The van der Waals surface area contributed by atoms with E-state index in [2.05, 4.69) is 23.5 Å². The number of hydrogen-bond acceptors (Lipinski definition) is 4. The van der Waals surface area contributed by atoms with Gasteiger partial charge in [0, 0.05) is 24.8 Å². The third-order valence-electron chi connectivity index (χ3n) is 7.44. The molecule has 2 heterocycles. The molecule has 2 saturated heterocycles. The van der Waals surface area contributed by atoms with Gasteiger partial charge in [-0.05, 0) is 70.7 Å². The number of likely N-dealkylation sites (tertiary alicyclic amines) is 1. The van der Waals surface area contributed by atoms with Crippen LogP contribution in [0.5, 0.6) is 0 Å². The van der Waals surface area contributed by atoms with Crippen molar-refractivity contribution in [3.8, 4) is 0 Å². The van der Waals surface area contributed by atoms with E-state index in [1.807, 2.05) is 18.2 Å². The van der Waals surface area contributed by atoms with Crippen molar-refractivity contribution in [2.75, 3.05) is 30.9 Å². The highest BCUT2D eigenvalue weighted by molar-refractivity contribution is 7.90. The first-order chi connectivity index (χ1) is 16.5. The van der Waals surface area contributed by atoms with Gasteiger partial charge in [-0.3, -0.25) is 4.72 Å². The van der Waals surface area contributed by atoms with E-state index in [9.17, 15) is 8.42 Å². The smallest absolute Gasteiger partial charge is 0.301 e. The van der Waals surface area contributed by atoms with Crippen LogP contribution in [-0.2, 0) is 14.9 Å². The molecule has 2 fully saturated rings. The highest BCUT2D eigenvalue weighted by Gasteiger charge is 2.29. The van der Waals surface area contributed by atoms with Gasteiger partial charge in [-0.1, -0.05) is 63.6 Å². The summed E-state index contributed by atoms with van der Waals surface area (Å²) in [5, 5.41) is 0. The molecule has 1 aromatic carbocycles. The molecule has 0 aromatic heterocycles. The van der Waals surface area contributed by atoms with Crippen molar-refractivity contribution >= 4 is 15.9 Å². The summed E-state index contributed by atoms with van der Waals surface area (Å²) >= 11 is 0. The van der Waals surface area contributed by atoms with Gasteiger partial charge in [0.05, 0.1) is 12.2 Å². The minimum absolute atomic E-state index is 0.168. The molecule has 1 aromatic rings. The van der Waals surface area contributed by atoms with Crippen LogP contribution in [0.2, 0.25) is 0 Å². The average Bonchev–Trinajstić information content (AvgIpc) is 2.78. The molecule has 0 saturated carbocycles. The maximum Gasteiger partial charge on any atom is 0.301 e. The Morgan fingerprint density at radius 3 is 2.21 bits per heavy atom. The van der Waals surface area contributed by atoms with E-state index >= 15 is 0 Å². The summed E-state index contributed by atoms with van der Waals surface area (Å²) in [6.07, 6.45) is 14.5. The van der Waals surface area contributed by atoms with Crippen molar-refractivity contribution < 1.29 is 13.2 Å². The third-order valence-corrected chi connectivity index (χ3v) is 8.98. The lowest BCUT2D eigenvalue weighted by Crippen LogP contribution is -2.44. The molecule has 2 aliphatic heterocycles. The third kappa shape index (κ3) is 9.14. The van der Waals surface area contributed by atoms with Crippen molar-refractivity contribution in [3.63, 3.8) is 0 Å². The summed E-state index contributed by atoms with van der Waals surface area (Å²) in [7, 11) is -3.51. The molecule has 7 heteroatoms. The van der Waals surface area contributed by atoms with Crippen LogP contribution in [0.25, 0.3) is 0 Å². The Hall–Kier alpha value is -1.15. The number of rotatable bonds is 16. The lowest BCUT2D eigenvalue weighted by molar-refractivity contribution is -0.0426. The molecule has 1 N–H and O–H groups in total. The van der Waals surface area contributed by atoms with Crippen LogP contribution in [0.15, 0.2) is 30.3 Å². The van der Waals surface area contributed by atoms with Gasteiger partial charge >= 0.3 is 10.2 Å². The molecular formula is C27H47N3O3S. The minimum atomic E-state index is -3.51. The highest BCUT2D eigenvalue weighted by Crippen LogP contribution is 2.24. The van der Waals surface area contributed by atoms with Crippen LogP contribution in [0.3, 0.4) is 0 Å². The molecule has 6 nitrogen and oxygen atoms in total. The number of unbranched alkanes of at least 4 members (excludes halogenated alkanes) is 4. The number of piperidine rings is 1. The van der Waals surface area contributed by atoms with Gasteiger partial charge in [0.25, 0.3) is 0 Å². The monoisotopic (exact) mass is 493 g/mol. The second kappa shape index (κ2) is 14.4. The summed E-state index contributed by atoms with van der Waals surface area (Å²) in [5.74, 6) is 0. The van der Waals surface area contributed by atoms with Gasteiger partial charge in [-0.2, -0.15) is 12.7 Å². The predicted molar refractivity (Wildman–Crippen MR) is 141 cm³/mol. The van der Waals surface area contributed by atoms with Gasteiger partial charge in [-0.15, -0.1) is 0 Å². The van der Waals surface area contributed by atoms with Gasteiger partial charge in [0.15, 0.2) is 0 Å². The van der Waals surface area contributed by atoms with Crippen molar-refractivity contribution in [3.05, 3.63) is 30.3 Å². The van der Waals surface area contributed by atoms with Gasteiger partial charge in [0.2, 0.25) is 0 Å². The summed E-state index contributed by atoms with van der Waals surface area (Å²) < 4.78 is 36.3. The summed E-state index contributed by atoms with van der Waals surface area (Å²) in [6.45, 7) is 8.23. The van der Waals surface area contributed by atoms with Crippen LogP contribution in [0, 0.1) is 0 Å². The second-order valence-corrected chi connectivity index (χ2v) is 11.9. The molecular weight excluding hydrogens is 446 g/mol. The zero-order valence-electron chi connectivity index (χ0n) is 21.5. The fraction of sp³-hybridized carbons (Fsp3) is 0.778. The molecule has 34 heavy (non-hydrogen) atoms. The maximum absolute atomic E-state index is 12.7. The largest absolute Gasteiger partial charge is 0.375 e. The maximum atomic E-state index is 12.7.